The number of nitrogens with zero attached hydrogens (tertiary/aromatic N) is 2. The summed E-state index contributed by atoms with van der Waals surface area (Å²) >= 11 is 1.82. The molecule has 0 radical (unpaired) electrons. The Morgan fingerprint density at radius 1 is 1.00 bits per heavy atom. The number of para-hydroxylation sites is 1. The fraction of sp³-hybridized carbons (Fsp3) is 0.600. The summed E-state index contributed by atoms with van der Waals surface area (Å²) in [6.07, 6.45) is 4.93. The van der Waals surface area contributed by atoms with E-state index in [9.17, 15) is 4.79 Å². The molecule has 6 heteroatoms. The zero-order valence-corrected chi connectivity index (χ0v) is 16.3. The molecule has 2 aliphatic heterocycles. The summed E-state index contributed by atoms with van der Waals surface area (Å²) in [5, 5.41) is 1.24. The van der Waals surface area contributed by atoms with Crippen LogP contribution in [0.1, 0.15) is 30.7 Å². The minimum atomic E-state index is 0.372. The van der Waals surface area contributed by atoms with Crippen molar-refractivity contribution >= 4 is 27.5 Å². The predicted molar refractivity (Wildman–Crippen MR) is 105 cm³/mol. The van der Waals surface area contributed by atoms with Crippen LogP contribution in [0.5, 0.6) is 0 Å². The number of carbonyl (C=O) groups is 1. The molecule has 2 N–H and O–H groups in total. The van der Waals surface area contributed by atoms with E-state index >= 15 is 0 Å². The Bertz CT molecular complexity index is 697. The number of rotatable bonds is 4. The molecule has 2 aliphatic rings. The van der Waals surface area contributed by atoms with Crippen LogP contribution >= 0.6 is 11.3 Å². The molecule has 0 aliphatic carbocycles. The van der Waals surface area contributed by atoms with Crippen molar-refractivity contribution < 1.29 is 14.6 Å². The van der Waals surface area contributed by atoms with Crippen LogP contribution in [0, 0.1) is 0 Å². The lowest BCUT2D eigenvalue weighted by Gasteiger charge is -2.30. The summed E-state index contributed by atoms with van der Waals surface area (Å²) in [7, 11) is 0. The molecule has 26 heavy (non-hydrogen) atoms. The molecule has 4 rings (SSSR count). The first-order chi connectivity index (χ1) is 12.8. The molecule has 2 saturated heterocycles. The van der Waals surface area contributed by atoms with Gasteiger partial charge in [-0.1, -0.05) is 25.0 Å². The minimum Gasteiger partial charge on any atom is -0.338 e. The number of amides is 1. The first-order valence-corrected chi connectivity index (χ1v) is 10.9. The predicted octanol–water partition coefficient (Wildman–Crippen LogP) is -0.0177. The number of quaternary nitrogens is 2. The lowest BCUT2D eigenvalue weighted by atomic mass is 10.2. The monoisotopic (exact) mass is 374 g/mol. The zero-order valence-electron chi connectivity index (χ0n) is 15.5. The maximum Gasteiger partial charge on any atom is 0.277 e. The Morgan fingerprint density at radius 3 is 2.42 bits per heavy atom. The number of piperazine rings is 1. The molecular formula is C20H30N4OS+2. The average molecular weight is 375 g/mol. The highest BCUT2D eigenvalue weighted by Crippen LogP contribution is 2.20. The second-order valence-corrected chi connectivity index (χ2v) is 8.84. The first kappa shape index (κ1) is 17.9. The van der Waals surface area contributed by atoms with Gasteiger partial charge >= 0.3 is 0 Å². The van der Waals surface area contributed by atoms with Gasteiger partial charge in [0.25, 0.3) is 5.91 Å². The molecule has 140 valence electrons. The number of likely N-dealkylation sites (tertiary alicyclic amines) is 1. The van der Waals surface area contributed by atoms with E-state index in [1.807, 2.05) is 11.3 Å². The van der Waals surface area contributed by atoms with Crippen LogP contribution in [-0.4, -0.2) is 61.6 Å². The van der Waals surface area contributed by atoms with Crippen molar-refractivity contribution in [2.24, 2.45) is 0 Å². The van der Waals surface area contributed by atoms with Crippen molar-refractivity contribution in [2.75, 3.05) is 45.8 Å². The number of hydrogen-bond donors (Lipinski definition) is 2. The normalized spacial score (nSPS) is 24.5. The molecule has 1 aromatic heterocycles. The number of aromatic nitrogens is 1. The van der Waals surface area contributed by atoms with Crippen molar-refractivity contribution in [2.45, 2.75) is 32.2 Å². The molecule has 0 atom stereocenters. The van der Waals surface area contributed by atoms with Gasteiger partial charge in [-0.15, -0.1) is 11.3 Å². The number of nitrogens with one attached hydrogen (secondary N) is 2. The fourth-order valence-corrected chi connectivity index (χ4v) is 5.20. The third-order valence-electron chi connectivity index (χ3n) is 5.76. The van der Waals surface area contributed by atoms with E-state index < -0.39 is 0 Å². The van der Waals surface area contributed by atoms with Crippen molar-refractivity contribution in [3.8, 4) is 0 Å². The summed E-state index contributed by atoms with van der Waals surface area (Å²) in [5.74, 6) is 0.372. The topological polar surface area (TPSA) is 42.1 Å². The smallest absolute Gasteiger partial charge is 0.277 e. The number of carbonyl (C=O) groups excluding carboxylic acids is 1. The summed E-state index contributed by atoms with van der Waals surface area (Å²) in [4.78, 5) is 22.5. The van der Waals surface area contributed by atoms with Gasteiger partial charge in [-0.2, -0.15) is 0 Å². The van der Waals surface area contributed by atoms with E-state index in [2.05, 4.69) is 29.2 Å². The van der Waals surface area contributed by atoms with E-state index in [-0.39, 0.29) is 0 Å². The summed E-state index contributed by atoms with van der Waals surface area (Å²) in [5.41, 5.74) is 1.12. The zero-order chi connectivity index (χ0) is 17.8. The highest BCUT2D eigenvalue weighted by atomic mass is 32.1. The maximum atomic E-state index is 12.6. The summed E-state index contributed by atoms with van der Waals surface area (Å²) in [6, 6.07) is 8.40. The van der Waals surface area contributed by atoms with Crippen LogP contribution in [0.15, 0.2) is 24.3 Å². The van der Waals surface area contributed by atoms with Crippen LogP contribution in [0.2, 0.25) is 0 Å². The molecule has 0 saturated carbocycles. The molecule has 3 heterocycles. The molecule has 0 bridgehead atoms. The molecule has 0 unspecified atom stereocenters. The Balaban J connectivity index is 1.25. The van der Waals surface area contributed by atoms with Gasteiger partial charge in [0.05, 0.1) is 10.2 Å². The Kier molecular flexibility index (Phi) is 5.82. The van der Waals surface area contributed by atoms with E-state index in [0.717, 1.165) is 51.3 Å². The van der Waals surface area contributed by atoms with Gasteiger partial charge in [0.1, 0.15) is 37.7 Å². The van der Waals surface area contributed by atoms with Crippen LogP contribution in [0.3, 0.4) is 0 Å². The second kappa shape index (κ2) is 8.46. The molecule has 1 amide bonds. The standard InChI is InChI=1S/C20H28N4OS/c25-20(24-9-5-1-2-6-10-24)16-23-13-11-22(12-14-23)15-19-21-17-7-3-4-8-18(17)26-19/h3-4,7-8H,1-2,5-6,9-16H2/p+2. The first-order valence-electron chi connectivity index (χ1n) is 10.1. The van der Waals surface area contributed by atoms with E-state index in [1.165, 1.54) is 40.3 Å². The lowest BCUT2D eigenvalue weighted by Crippen LogP contribution is -3.28. The highest BCUT2D eigenvalue weighted by molar-refractivity contribution is 7.18. The average Bonchev–Trinajstić information content (AvgIpc) is 2.87. The minimum absolute atomic E-state index is 0.372. The number of hydrogen-bond acceptors (Lipinski definition) is 3. The summed E-state index contributed by atoms with van der Waals surface area (Å²) in [6.45, 7) is 8.12. The van der Waals surface area contributed by atoms with Crippen LogP contribution in [0.25, 0.3) is 10.2 Å². The van der Waals surface area contributed by atoms with Gasteiger partial charge in [0, 0.05) is 13.1 Å². The Morgan fingerprint density at radius 2 is 1.69 bits per heavy atom. The largest absolute Gasteiger partial charge is 0.338 e. The van der Waals surface area contributed by atoms with Gasteiger partial charge < -0.3 is 14.7 Å². The third-order valence-corrected chi connectivity index (χ3v) is 6.80. The fourth-order valence-electron chi connectivity index (χ4n) is 4.17. The van der Waals surface area contributed by atoms with Crippen molar-refractivity contribution in [1.29, 1.82) is 0 Å². The van der Waals surface area contributed by atoms with Gasteiger partial charge in [0.15, 0.2) is 6.54 Å². The third kappa shape index (κ3) is 4.42. The molecular weight excluding hydrogens is 344 g/mol. The van der Waals surface area contributed by atoms with Crippen molar-refractivity contribution in [3.05, 3.63) is 29.3 Å². The SMILES string of the molecule is O=C(C[NH+]1CC[NH+](Cc2nc3ccccc3s2)CC1)N1CCCCCC1. The van der Waals surface area contributed by atoms with E-state index in [4.69, 9.17) is 4.98 Å². The lowest BCUT2D eigenvalue weighted by molar-refractivity contribution is -1.02. The number of thiazole rings is 1. The van der Waals surface area contributed by atoms with Gasteiger partial charge in [-0.3, -0.25) is 4.79 Å². The van der Waals surface area contributed by atoms with Crippen molar-refractivity contribution in [1.82, 2.24) is 9.88 Å². The molecule has 2 aromatic rings. The highest BCUT2D eigenvalue weighted by Gasteiger charge is 2.27. The van der Waals surface area contributed by atoms with Crippen LogP contribution in [-0.2, 0) is 11.3 Å². The molecule has 1 aromatic carbocycles. The van der Waals surface area contributed by atoms with E-state index in [0.29, 0.717) is 12.5 Å². The van der Waals surface area contributed by atoms with Crippen LogP contribution in [0.4, 0.5) is 0 Å². The summed E-state index contributed by atoms with van der Waals surface area (Å²) < 4.78 is 1.29. The van der Waals surface area contributed by atoms with Crippen molar-refractivity contribution in [3.63, 3.8) is 0 Å². The molecule has 0 spiro atoms. The quantitative estimate of drug-likeness (QED) is 0.790. The van der Waals surface area contributed by atoms with Gasteiger partial charge in [-0.25, -0.2) is 4.98 Å². The van der Waals surface area contributed by atoms with Gasteiger partial charge in [-0.05, 0) is 25.0 Å². The van der Waals surface area contributed by atoms with E-state index in [1.54, 1.807) is 4.90 Å². The van der Waals surface area contributed by atoms with Gasteiger partial charge in [0.2, 0.25) is 0 Å². The number of benzene rings is 1. The number of fused-ring (bicyclic) bond motifs is 1. The van der Waals surface area contributed by atoms with Crippen LogP contribution < -0.4 is 9.80 Å². The second-order valence-electron chi connectivity index (χ2n) is 7.72. The molecule has 5 nitrogen and oxygen atoms in total. The Labute approximate surface area is 159 Å². The molecule has 2 fully saturated rings. The Hall–Kier alpha value is -1.50. The maximum absolute atomic E-state index is 12.6.